The highest BCUT2D eigenvalue weighted by Crippen LogP contribution is 2.23. The number of ketones is 1. The lowest BCUT2D eigenvalue weighted by atomic mass is 10.2. The molecule has 5 heteroatoms. The second kappa shape index (κ2) is 7.02. The van der Waals surface area contributed by atoms with Crippen molar-refractivity contribution in [3.8, 4) is 5.75 Å². The van der Waals surface area contributed by atoms with Gasteiger partial charge in [-0.2, -0.15) is 0 Å². The highest BCUT2D eigenvalue weighted by Gasteiger charge is 2.14. The quantitative estimate of drug-likeness (QED) is 0.739. The number of rotatable bonds is 6. The summed E-state index contributed by atoms with van der Waals surface area (Å²) >= 11 is 4.87. The van der Waals surface area contributed by atoms with E-state index in [0.29, 0.717) is 13.1 Å². The standard InChI is InChI=1S/C15H16BrNO2S/c1-17(9-11-4-3-5-12(8-11)19-2)10-14(18)15-13(16)6-7-20-15/h3-8H,9-10H2,1-2H3. The van der Waals surface area contributed by atoms with E-state index in [1.54, 1.807) is 7.11 Å². The van der Waals surface area contributed by atoms with Gasteiger partial charge in [0.1, 0.15) is 5.75 Å². The number of benzene rings is 1. The summed E-state index contributed by atoms with van der Waals surface area (Å²) in [5.41, 5.74) is 1.13. The van der Waals surface area contributed by atoms with Gasteiger partial charge in [0, 0.05) is 11.0 Å². The minimum atomic E-state index is 0.136. The molecule has 0 aliphatic rings. The molecule has 1 aromatic carbocycles. The predicted octanol–water partition coefficient (Wildman–Crippen LogP) is 3.83. The molecule has 3 nitrogen and oxygen atoms in total. The molecule has 0 aliphatic heterocycles. The van der Waals surface area contributed by atoms with E-state index in [4.69, 9.17) is 4.74 Å². The van der Waals surface area contributed by atoms with Gasteiger partial charge in [0.05, 0.1) is 18.5 Å². The summed E-state index contributed by atoms with van der Waals surface area (Å²) in [6.07, 6.45) is 0. The second-order valence-electron chi connectivity index (χ2n) is 4.54. The molecule has 0 bridgehead atoms. The van der Waals surface area contributed by atoms with E-state index in [-0.39, 0.29) is 5.78 Å². The average molecular weight is 354 g/mol. The van der Waals surface area contributed by atoms with E-state index < -0.39 is 0 Å². The van der Waals surface area contributed by atoms with Crippen LogP contribution in [-0.4, -0.2) is 31.4 Å². The first kappa shape index (κ1) is 15.2. The van der Waals surface area contributed by atoms with Crippen LogP contribution in [0.2, 0.25) is 0 Å². The summed E-state index contributed by atoms with van der Waals surface area (Å²) < 4.78 is 6.08. The Balaban J connectivity index is 1.97. The Morgan fingerprint density at radius 1 is 1.40 bits per heavy atom. The molecule has 2 rings (SSSR count). The molecule has 20 heavy (non-hydrogen) atoms. The third-order valence-electron chi connectivity index (χ3n) is 2.87. The lowest BCUT2D eigenvalue weighted by molar-refractivity contribution is 0.0946. The van der Waals surface area contributed by atoms with Crippen molar-refractivity contribution in [3.05, 3.63) is 50.6 Å². The van der Waals surface area contributed by atoms with Crippen molar-refractivity contribution in [2.24, 2.45) is 0 Å². The second-order valence-corrected chi connectivity index (χ2v) is 6.32. The van der Waals surface area contributed by atoms with E-state index in [2.05, 4.69) is 15.9 Å². The Labute approximate surface area is 131 Å². The maximum atomic E-state index is 12.2. The minimum absolute atomic E-state index is 0.136. The smallest absolute Gasteiger partial charge is 0.187 e. The van der Waals surface area contributed by atoms with Crippen LogP contribution in [0.5, 0.6) is 5.75 Å². The summed E-state index contributed by atoms with van der Waals surface area (Å²) in [5.74, 6) is 0.973. The van der Waals surface area contributed by atoms with Crippen LogP contribution in [0.25, 0.3) is 0 Å². The van der Waals surface area contributed by atoms with Gasteiger partial charge in [0.15, 0.2) is 5.78 Å². The van der Waals surface area contributed by atoms with Crippen LogP contribution >= 0.6 is 27.3 Å². The number of carbonyl (C=O) groups excluding carboxylic acids is 1. The van der Waals surface area contributed by atoms with Gasteiger partial charge in [-0.15, -0.1) is 11.3 Å². The molecule has 0 atom stereocenters. The van der Waals surface area contributed by atoms with Gasteiger partial charge in [-0.05, 0) is 52.1 Å². The number of hydrogen-bond donors (Lipinski definition) is 0. The molecule has 0 saturated heterocycles. The zero-order valence-electron chi connectivity index (χ0n) is 11.4. The lowest BCUT2D eigenvalue weighted by Gasteiger charge is -2.16. The third kappa shape index (κ3) is 3.91. The molecular formula is C15H16BrNO2S. The highest BCUT2D eigenvalue weighted by atomic mass is 79.9. The first-order valence-corrected chi connectivity index (χ1v) is 7.85. The van der Waals surface area contributed by atoms with Crippen molar-refractivity contribution in [2.75, 3.05) is 20.7 Å². The molecule has 2 aromatic rings. The number of Topliss-reactive ketones (excluding diaryl/α,β-unsaturated/α-hetero) is 1. The SMILES string of the molecule is COc1cccc(CN(C)CC(=O)c2sccc2Br)c1. The average Bonchev–Trinajstić information content (AvgIpc) is 2.85. The maximum Gasteiger partial charge on any atom is 0.187 e. The number of thiophene rings is 1. The number of carbonyl (C=O) groups is 1. The Kier molecular flexibility index (Phi) is 5.34. The number of nitrogens with zero attached hydrogens (tertiary/aromatic N) is 1. The molecule has 0 N–H and O–H groups in total. The largest absolute Gasteiger partial charge is 0.497 e. The van der Waals surface area contributed by atoms with Gasteiger partial charge in [-0.3, -0.25) is 9.69 Å². The number of methoxy groups -OCH3 is 1. The van der Waals surface area contributed by atoms with Crippen molar-refractivity contribution in [1.82, 2.24) is 4.90 Å². The summed E-state index contributed by atoms with van der Waals surface area (Å²) in [6.45, 7) is 1.11. The van der Waals surface area contributed by atoms with Crippen molar-refractivity contribution >= 4 is 33.0 Å². The Hall–Kier alpha value is -1.17. The summed E-state index contributed by atoms with van der Waals surface area (Å²) in [4.78, 5) is 14.9. The number of hydrogen-bond acceptors (Lipinski definition) is 4. The maximum absolute atomic E-state index is 12.2. The highest BCUT2D eigenvalue weighted by molar-refractivity contribution is 9.10. The van der Waals surface area contributed by atoms with Crippen LogP contribution in [0.1, 0.15) is 15.2 Å². The van der Waals surface area contributed by atoms with E-state index in [0.717, 1.165) is 20.7 Å². The van der Waals surface area contributed by atoms with Crippen LogP contribution < -0.4 is 4.74 Å². The molecule has 1 aromatic heterocycles. The van der Waals surface area contributed by atoms with Crippen LogP contribution in [0.4, 0.5) is 0 Å². The Morgan fingerprint density at radius 2 is 2.20 bits per heavy atom. The van der Waals surface area contributed by atoms with Gasteiger partial charge < -0.3 is 4.74 Å². The molecule has 0 unspecified atom stereocenters. The van der Waals surface area contributed by atoms with E-state index in [1.165, 1.54) is 11.3 Å². The van der Waals surface area contributed by atoms with Gasteiger partial charge in [0.2, 0.25) is 0 Å². The van der Waals surface area contributed by atoms with E-state index >= 15 is 0 Å². The van der Waals surface area contributed by atoms with Crippen LogP contribution in [-0.2, 0) is 6.54 Å². The topological polar surface area (TPSA) is 29.5 Å². The molecular weight excluding hydrogens is 338 g/mol. The predicted molar refractivity (Wildman–Crippen MR) is 85.7 cm³/mol. The van der Waals surface area contributed by atoms with Gasteiger partial charge in [0.25, 0.3) is 0 Å². The van der Waals surface area contributed by atoms with E-state index in [1.807, 2.05) is 47.7 Å². The Bertz CT molecular complexity index is 597. The van der Waals surface area contributed by atoms with E-state index in [9.17, 15) is 4.79 Å². The minimum Gasteiger partial charge on any atom is -0.497 e. The van der Waals surface area contributed by atoms with Crippen LogP contribution in [0.15, 0.2) is 40.2 Å². The number of likely N-dealkylation sites (N-methyl/N-ethyl adjacent to an activating group) is 1. The van der Waals surface area contributed by atoms with Crippen molar-refractivity contribution < 1.29 is 9.53 Å². The molecule has 0 amide bonds. The van der Waals surface area contributed by atoms with Gasteiger partial charge in [-0.25, -0.2) is 0 Å². The van der Waals surface area contributed by atoms with Gasteiger partial charge in [-0.1, -0.05) is 12.1 Å². The normalized spacial score (nSPS) is 10.8. The molecule has 0 aliphatic carbocycles. The number of halogens is 1. The Morgan fingerprint density at radius 3 is 2.85 bits per heavy atom. The van der Waals surface area contributed by atoms with Crippen LogP contribution in [0.3, 0.4) is 0 Å². The summed E-state index contributed by atoms with van der Waals surface area (Å²) in [5, 5.41) is 1.92. The molecule has 106 valence electrons. The zero-order chi connectivity index (χ0) is 14.5. The fourth-order valence-corrected chi connectivity index (χ4v) is 3.47. The lowest BCUT2D eigenvalue weighted by Crippen LogP contribution is -2.25. The molecule has 0 saturated carbocycles. The van der Waals surface area contributed by atoms with Gasteiger partial charge >= 0.3 is 0 Å². The molecule has 0 fully saturated rings. The molecule has 0 spiro atoms. The van der Waals surface area contributed by atoms with Crippen LogP contribution in [0, 0.1) is 0 Å². The third-order valence-corrected chi connectivity index (χ3v) is 4.75. The van der Waals surface area contributed by atoms with Crippen molar-refractivity contribution in [1.29, 1.82) is 0 Å². The first-order chi connectivity index (χ1) is 9.60. The van der Waals surface area contributed by atoms with Crippen molar-refractivity contribution in [3.63, 3.8) is 0 Å². The summed E-state index contributed by atoms with van der Waals surface area (Å²) in [7, 11) is 3.60. The fourth-order valence-electron chi connectivity index (χ4n) is 1.95. The van der Waals surface area contributed by atoms with Crippen molar-refractivity contribution in [2.45, 2.75) is 6.54 Å². The number of ether oxygens (including phenoxy) is 1. The zero-order valence-corrected chi connectivity index (χ0v) is 13.8. The summed E-state index contributed by atoms with van der Waals surface area (Å²) in [6, 6.07) is 9.80. The fraction of sp³-hybridized carbons (Fsp3) is 0.267. The molecule has 1 heterocycles. The first-order valence-electron chi connectivity index (χ1n) is 6.18. The molecule has 0 radical (unpaired) electrons. The monoisotopic (exact) mass is 353 g/mol.